The number of para-hydroxylation sites is 1. The van der Waals surface area contributed by atoms with E-state index in [1.165, 1.54) is 29.6 Å². The van der Waals surface area contributed by atoms with Crippen molar-refractivity contribution >= 4 is 34.9 Å². The minimum atomic E-state index is -1.14. The Labute approximate surface area is 321 Å². The monoisotopic (exact) mass is 764 g/mol. The van der Waals surface area contributed by atoms with Crippen LogP contribution in [-0.4, -0.2) is 74.5 Å². The minimum absolute atomic E-state index is 0.0596. The molecule has 5 atom stereocenters. The molecule has 1 aromatic carbocycles. The van der Waals surface area contributed by atoms with Crippen molar-refractivity contribution in [1.82, 2.24) is 20.2 Å². The molecule has 3 fully saturated rings. The van der Waals surface area contributed by atoms with Crippen LogP contribution in [0.3, 0.4) is 0 Å². The van der Waals surface area contributed by atoms with E-state index in [1.807, 2.05) is 27.7 Å². The molecule has 55 heavy (non-hydrogen) atoms. The Balaban J connectivity index is 1.41. The van der Waals surface area contributed by atoms with Crippen LogP contribution >= 0.6 is 0 Å². The van der Waals surface area contributed by atoms with Gasteiger partial charge in [0, 0.05) is 49.9 Å². The first-order valence-corrected chi connectivity index (χ1v) is 19.8. The van der Waals surface area contributed by atoms with Crippen molar-refractivity contribution in [3.8, 4) is 5.75 Å². The summed E-state index contributed by atoms with van der Waals surface area (Å²) in [6.45, 7) is 7.09. The van der Waals surface area contributed by atoms with Gasteiger partial charge >= 0.3 is 0 Å². The second-order valence-electron chi connectivity index (χ2n) is 16.7. The first kappa shape index (κ1) is 41.7. The summed E-state index contributed by atoms with van der Waals surface area (Å²) in [5, 5.41) is 2.89. The van der Waals surface area contributed by atoms with E-state index in [-0.39, 0.29) is 55.5 Å². The normalized spacial score (nSPS) is 20.7. The molecule has 3 aliphatic rings. The summed E-state index contributed by atoms with van der Waals surface area (Å²) >= 11 is 0. The number of ketones is 4. The molecule has 1 unspecified atom stereocenters. The highest BCUT2D eigenvalue weighted by molar-refractivity contribution is 6.38. The maximum absolute atomic E-state index is 14.8. The SMILES string of the molecule is CCC[C@H](CC(=O)C1C[C@@H](Oc2c(F)cccc2F)CN1C(=O)[C@@H](CC(=O)[C@@H](NC(=O)c1cnccn1)C1CCCCC1)C(C)(C)C)C(=O)C(=O)CC1CC1. The summed E-state index contributed by atoms with van der Waals surface area (Å²) in [5.74, 6) is -7.23. The second kappa shape index (κ2) is 18.5. The molecule has 1 aromatic heterocycles. The number of hydrogen-bond acceptors (Lipinski definition) is 9. The highest BCUT2D eigenvalue weighted by Crippen LogP contribution is 2.38. The summed E-state index contributed by atoms with van der Waals surface area (Å²) in [6.07, 6.45) is 9.58. The smallest absolute Gasteiger partial charge is 0.272 e. The molecule has 2 aromatic rings. The number of nitrogens with zero attached hydrogens (tertiary/aromatic N) is 3. The number of hydrogen-bond donors (Lipinski definition) is 1. The van der Waals surface area contributed by atoms with Crippen molar-refractivity contribution in [3.63, 3.8) is 0 Å². The fraction of sp³-hybridized carbons (Fsp3) is 0.619. The third-order valence-corrected chi connectivity index (χ3v) is 11.3. The van der Waals surface area contributed by atoms with Crippen molar-refractivity contribution < 1.29 is 42.3 Å². The van der Waals surface area contributed by atoms with Crippen LogP contribution in [0.25, 0.3) is 0 Å². The zero-order chi connectivity index (χ0) is 39.9. The van der Waals surface area contributed by atoms with Gasteiger partial charge in [0.1, 0.15) is 11.8 Å². The van der Waals surface area contributed by atoms with E-state index < -0.39 is 82.0 Å². The lowest BCUT2D eigenvalue weighted by molar-refractivity contribution is -0.147. The van der Waals surface area contributed by atoms with E-state index >= 15 is 0 Å². The first-order valence-electron chi connectivity index (χ1n) is 19.8. The zero-order valence-corrected chi connectivity index (χ0v) is 32.4. The largest absolute Gasteiger partial charge is 0.482 e. The van der Waals surface area contributed by atoms with Crippen LogP contribution < -0.4 is 10.1 Å². The fourth-order valence-electron chi connectivity index (χ4n) is 8.01. The number of Topliss-reactive ketones (excluding diaryl/α,β-unsaturated/α-hetero) is 4. The molecule has 2 saturated carbocycles. The van der Waals surface area contributed by atoms with Gasteiger partial charge in [-0.05, 0) is 61.5 Å². The number of carbonyl (C=O) groups is 6. The van der Waals surface area contributed by atoms with Crippen molar-refractivity contribution in [2.45, 2.75) is 129 Å². The molecule has 1 N–H and O–H groups in total. The van der Waals surface area contributed by atoms with Crippen LogP contribution in [0.15, 0.2) is 36.8 Å². The quantitative estimate of drug-likeness (QED) is 0.170. The highest BCUT2D eigenvalue weighted by Gasteiger charge is 2.47. The van der Waals surface area contributed by atoms with Crippen LogP contribution in [0.1, 0.15) is 122 Å². The lowest BCUT2D eigenvalue weighted by Crippen LogP contribution is -2.51. The van der Waals surface area contributed by atoms with Gasteiger partial charge in [0.25, 0.3) is 5.91 Å². The van der Waals surface area contributed by atoms with E-state index in [4.69, 9.17) is 4.74 Å². The maximum atomic E-state index is 14.8. The number of rotatable bonds is 18. The van der Waals surface area contributed by atoms with Crippen molar-refractivity contribution in [2.75, 3.05) is 6.54 Å². The molecule has 0 bridgehead atoms. The molecule has 11 nitrogen and oxygen atoms in total. The Kier molecular flexibility index (Phi) is 14.0. The molecule has 0 radical (unpaired) electrons. The van der Waals surface area contributed by atoms with E-state index in [0.717, 1.165) is 57.1 Å². The Morgan fingerprint density at radius 1 is 0.964 bits per heavy atom. The first-order chi connectivity index (χ1) is 26.2. The Bertz CT molecular complexity index is 1700. The number of carbonyl (C=O) groups excluding carboxylic acids is 6. The van der Waals surface area contributed by atoms with Gasteiger partial charge in [-0.15, -0.1) is 0 Å². The van der Waals surface area contributed by atoms with Gasteiger partial charge in [-0.3, -0.25) is 33.8 Å². The standard InChI is InChI=1S/C42H54F2N4O7/c1-5-10-27(38(52)36(51)19-25-15-16-25)20-34(49)33-21-28(55-39-30(43)13-9-14-31(39)44)24-48(33)41(54)29(42(2,3)4)22-35(50)37(26-11-7-6-8-12-26)47-40(53)32-23-45-17-18-46-32/h9,13-14,17-18,23,25-29,33,37H,5-8,10-12,15-16,19-22,24H2,1-4H3,(H,47,53)/t27-,28-,29-,33?,37+/m1/s1. The van der Waals surface area contributed by atoms with Gasteiger partial charge < -0.3 is 15.0 Å². The number of benzene rings is 1. The zero-order valence-electron chi connectivity index (χ0n) is 32.4. The number of aromatic nitrogens is 2. The van der Waals surface area contributed by atoms with Crippen LogP contribution in [0.2, 0.25) is 0 Å². The molecule has 298 valence electrons. The molecule has 0 spiro atoms. The predicted molar refractivity (Wildman–Crippen MR) is 199 cm³/mol. The summed E-state index contributed by atoms with van der Waals surface area (Å²) in [6, 6.07) is 1.27. The number of ether oxygens (including phenoxy) is 1. The van der Waals surface area contributed by atoms with E-state index in [2.05, 4.69) is 15.3 Å². The average molecular weight is 765 g/mol. The molecule has 2 heterocycles. The average Bonchev–Trinajstić information content (AvgIpc) is 3.88. The molecule has 2 amide bonds. The number of likely N-dealkylation sites (tertiary alicyclic amines) is 1. The third-order valence-electron chi connectivity index (χ3n) is 11.3. The third kappa shape index (κ3) is 10.9. The Morgan fingerprint density at radius 2 is 1.65 bits per heavy atom. The minimum Gasteiger partial charge on any atom is -0.482 e. The van der Waals surface area contributed by atoms with Crippen molar-refractivity contribution in [3.05, 3.63) is 54.1 Å². The topological polar surface area (TPSA) is 153 Å². The van der Waals surface area contributed by atoms with Gasteiger partial charge in [-0.1, -0.05) is 59.4 Å². The predicted octanol–water partition coefficient (Wildman–Crippen LogP) is 6.42. The summed E-state index contributed by atoms with van der Waals surface area (Å²) in [7, 11) is 0. The maximum Gasteiger partial charge on any atom is 0.272 e. The van der Waals surface area contributed by atoms with E-state index in [9.17, 15) is 37.5 Å². The van der Waals surface area contributed by atoms with Crippen LogP contribution in [0.4, 0.5) is 8.78 Å². The van der Waals surface area contributed by atoms with Gasteiger partial charge in [-0.2, -0.15) is 0 Å². The van der Waals surface area contributed by atoms with Crippen LogP contribution in [-0.2, 0) is 24.0 Å². The highest BCUT2D eigenvalue weighted by atomic mass is 19.1. The van der Waals surface area contributed by atoms with E-state index in [0.29, 0.717) is 12.8 Å². The van der Waals surface area contributed by atoms with Gasteiger partial charge in [0.15, 0.2) is 34.7 Å². The van der Waals surface area contributed by atoms with Crippen LogP contribution in [0, 0.1) is 40.7 Å². The summed E-state index contributed by atoms with van der Waals surface area (Å²) < 4.78 is 35.3. The van der Waals surface area contributed by atoms with Crippen LogP contribution in [0.5, 0.6) is 5.75 Å². The Morgan fingerprint density at radius 3 is 2.25 bits per heavy atom. The van der Waals surface area contributed by atoms with E-state index in [1.54, 1.807) is 0 Å². The number of nitrogens with one attached hydrogen (secondary N) is 1. The molecular weight excluding hydrogens is 710 g/mol. The second-order valence-corrected chi connectivity index (χ2v) is 16.7. The number of halogens is 2. The number of amides is 2. The van der Waals surface area contributed by atoms with Gasteiger partial charge in [0.05, 0.1) is 24.8 Å². The van der Waals surface area contributed by atoms with Crippen molar-refractivity contribution in [1.29, 1.82) is 0 Å². The molecule has 1 saturated heterocycles. The molecule has 2 aliphatic carbocycles. The molecule has 13 heteroatoms. The fourth-order valence-corrected chi connectivity index (χ4v) is 8.01. The summed E-state index contributed by atoms with van der Waals surface area (Å²) in [4.78, 5) is 92.1. The molecule has 5 rings (SSSR count). The van der Waals surface area contributed by atoms with Crippen molar-refractivity contribution in [2.24, 2.45) is 29.1 Å². The molecular formula is C42H54F2N4O7. The van der Waals surface area contributed by atoms with Gasteiger partial charge in [-0.25, -0.2) is 13.8 Å². The molecule has 1 aliphatic heterocycles. The lowest BCUT2D eigenvalue weighted by Gasteiger charge is -2.36. The van der Waals surface area contributed by atoms with Gasteiger partial charge in [0.2, 0.25) is 11.7 Å². The Hall–Kier alpha value is -4.42. The summed E-state index contributed by atoms with van der Waals surface area (Å²) in [5.41, 5.74) is -0.747. The lowest BCUT2D eigenvalue weighted by atomic mass is 9.74.